The number of aromatic nitrogens is 1. The fourth-order valence-corrected chi connectivity index (χ4v) is 2.91. The fourth-order valence-electron chi connectivity index (χ4n) is 2.91. The molecule has 0 amide bonds. The van der Waals surface area contributed by atoms with Gasteiger partial charge in [-0.2, -0.15) is 0 Å². The van der Waals surface area contributed by atoms with E-state index >= 15 is 0 Å². The summed E-state index contributed by atoms with van der Waals surface area (Å²) in [6, 6.07) is 8.11. The van der Waals surface area contributed by atoms with E-state index in [9.17, 15) is 14.0 Å². The number of carboxylic acids is 2. The lowest BCUT2D eigenvalue weighted by atomic mass is 10.0. The normalized spacial score (nSPS) is 15.3. The molecule has 0 aliphatic carbocycles. The number of pyridine rings is 1. The topological polar surface area (TPSA) is 127 Å². The number of rotatable bonds is 8. The Morgan fingerprint density at radius 2 is 1.88 bits per heavy atom. The molecule has 1 aliphatic heterocycles. The van der Waals surface area contributed by atoms with Crippen LogP contribution in [0, 0.1) is 18.7 Å². The lowest BCUT2D eigenvalue weighted by Crippen LogP contribution is -2.33. The van der Waals surface area contributed by atoms with Crippen LogP contribution in [0.1, 0.15) is 18.5 Å². The van der Waals surface area contributed by atoms with Gasteiger partial charge in [-0.05, 0) is 50.6 Å². The summed E-state index contributed by atoms with van der Waals surface area (Å²) in [6.45, 7) is 4.45. The van der Waals surface area contributed by atoms with Gasteiger partial charge in [0.2, 0.25) is 0 Å². The highest BCUT2D eigenvalue weighted by Gasteiger charge is 2.17. The fraction of sp³-hybridized carbons (Fsp3) is 0.348. The highest BCUT2D eigenvalue weighted by Crippen LogP contribution is 2.33. The van der Waals surface area contributed by atoms with Crippen molar-refractivity contribution in [2.24, 2.45) is 5.92 Å². The summed E-state index contributed by atoms with van der Waals surface area (Å²) < 4.78 is 30.7. The van der Waals surface area contributed by atoms with E-state index in [1.54, 1.807) is 6.07 Å². The Morgan fingerprint density at radius 3 is 2.45 bits per heavy atom. The number of carbonyl (C=O) groups is 2. The second-order valence-electron chi connectivity index (χ2n) is 7.19. The summed E-state index contributed by atoms with van der Waals surface area (Å²) >= 11 is 0. The van der Waals surface area contributed by atoms with Crippen LogP contribution in [0.5, 0.6) is 23.1 Å². The van der Waals surface area contributed by atoms with Crippen molar-refractivity contribution in [3.05, 3.63) is 54.0 Å². The van der Waals surface area contributed by atoms with E-state index in [1.165, 1.54) is 19.2 Å². The molecule has 0 radical (unpaired) electrons. The monoisotopic (exact) mass is 462 g/mol. The summed E-state index contributed by atoms with van der Waals surface area (Å²) in [5, 5.41) is 19.0. The van der Waals surface area contributed by atoms with Gasteiger partial charge in [-0.15, -0.1) is 0 Å². The van der Waals surface area contributed by atoms with Gasteiger partial charge in [0, 0.05) is 36.4 Å². The van der Waals surface area contributed by atoms with Crippen molar-refractivity contribution in [3.63, 3.8) is 0 Å². The van der Waals surface area contributed by atoms with E-state index < -0.39 is 17.8 Å². The number of nitrogens with one attached hydrogen (secondary N) is 1. The zero-order valence-corrected chi connectivity index (χ0v) is 18.4. The molecule has 1 saturated heterocycles. The number of ether oxygens (including phenoxy) is 3. The molecule has 1 atom stereocenters. The molecule has 1 fully saturated rings. The Balaban J connectivity index is 0.000000414. The smallest absolute Gasteiger partial charge is 0.328 e. The summed E-state index contributed by atoms with van der Waals surface area (Å²) in [5.74, 6) is -1.25. The second-order valence-corrected chi connectivity index (χ2v) is 7.19. The molecule has 9 nitrogen and oxygen atoms in total. The minimum atomic E-state index is -1.26. The molecule has 2 aromatic rings. The molecule has 33 heavy (non-hydrogen) atoms. The van der Waals surface area contributed by atoms with Crippen LogP contribution in [-0.2, 0) is 9.59 Å². The van der Waals surface area contributed by atoms with Crippen molar-refractivity contribution in [2.45, 2.75) is 19.8 Å². The van der Waals surface area contributed by atoms with Crippen molar-refractivity contribution in [1.29, 1.82) is 0 Å². The Kier molecular flexibility index (Phi) is 10.1. The average molecular weight is 462 g/mol. The maximum Gasteiger partial charge on any atom is 0.328 e. The zero-order chi connectivity index (χ0) is 24.2. The van der Waals surface area contributed by atoms with Gasteiger partial charge in [0.1, 0.15) is 5.75 Å². The van der Waals surface area contributed by atoms with Gasteiger partial charge < -0.3 is 29.7 Å². The Labute approximate surface area is 190 Å². The predicted molar refractivity (Wildman–Crippen MR) is 118 cm³/mol. The lowest BCUT2D eigenvalue weighted by molar-refractivity contribution is -0.134. The van der Waals surface area contributed by atoms with Gasteiger partial charge >= 0.3 is 11.9 Å². The number of carboxylic acid groups (broad SMARTS) is 2. The molecule has 1 aromatic heterocycles. The van der Waals surface area contributed by atoms with Gasteiger partial charge in [-0.3, -0.25) is 0 Å². The number of aliphatic carboxylic acids is 2. The molecular weight excluding hydrogens is 435 g/mol. The van der Waals surface area contributed by atoms with Crippen LogP contribution < -0.4 is 19.5 Å². The van der Waals surface area contributed by atoms with E-state index in [-0.39, 0.29) is 11.6 Å². The van der Waals surface area contributed by atoms with Gasteiger partial charge in [0.15, 0.2) is 17.3 Å². The third kappa shape index (κ3) is 9.16. The molecule has 3 N–H and O–H groups in total. The van der Waals surface area contributed by atoms with Crippen LogP contribution in [0.15, 0.2) is 42.5 Å². The van der Waals surface area contributed by atoms with E-state index in [0.717, 1.165) is 31.6 Å². The maximum absolute atomic E-state index is 14.1. The number of piperidine rings is 1. The molecule has 0 bridgehead atoms. The molecule has 1 aliphatic rings. The highest BCUT2D eigenvalue weighted by molar-refractivity contribution is 5.89. The Morgan fingerprint density at radius 1 is 1.18 bits per heavy atom. The summed E-state index contributed by atoms with van der Waals surface area (Å²) in [5.41, 5.74) is 0.774. The van der Waals surface area contributed by atoms with Crippen molar-refractivity contribution in [1.82, 2.24) is 10.3 Å². The van der Waals surface area contributed by atoms with E-state index in [1.807, 2.05) is 19.1 Å². The van der Waals surface area contributed by atoms with E-state index in [0.29, 0.717) is 36.2 Å². The molecule has 178 valence electrons. The van der Waals surface area contributed by atoms with E-state index in [4.69, 9.17) is 24.4 Å². The van der Waals surface area contributed by atoms with Crippen LogP contribution >= 0.6 is 0 Å². The minimum Gasteiger partial charge on any atom is -0.497 e. The Hall–Kier alpha value is -3.66. The van der Waals surface area contributed by atoms with Gasteiger partial charge in [-0.25, -0.2) is 19.0 Å². The maximum atomic E-state index is 14.1. The van der Waals surface area contributed by atoms with Crippen molar-refractivity contribution >= 4 is 11.9 Å². The van der Waals surface area contributed by atoms with Gasteiger partial charge in [-0.1, -0.05) is 0 Å². The molecule has 1 aromatic carbocycles. The second kappa shape index (κ2) is 13.0. The summed E-state index contributed by atoms with van der Waals surface area (Å²) in [4.78, 5) is 23.5. The first-order chi connectivity index (χ1) is 15.8. The number of halogens is 1. The number of aryl methyl sites for hydroxylation is 1. The van der Waals surface area contributed by atoms with Crippen molar-refractivity contribution in [2.75, 3.05) is 26.8 Å². The van der Waals surface area contributed by atoms with Crippen molar-refractivity contribution in [3.8, 4) is 23.1 Å². The number of hydrogen-bond donors (Lipinski definition) is 3. The number of hydrogen-bond acceptors (Lipinski definition) is 7. The molecule has 0 spiro atoms. The molecule has 0 saturated carbocycles. The summed E-state index contributed by atoms with van der Waals surface area (Å²) in [7, 11) is 1.49. The quantitative estimate of drug-likeness (QED) is 0.506. The van der Waals surface area contributed by atoms with Crippen LogP contribution in [0.2, 0.25) is 0 Å². The summed E-state index contributed by atoms with van der Waals surface area (Å²) in [6.07, 6.45) is 3.40. The molecule has 3 rings (SSSR count). The standard InChI is InChI=1S/C19H23FN2O3.C4H4O4/c1-13-5-7-18(24-12-14-4-3-9-21-11-14)19(22-13)25-17-8-6-15(23-2)10-16(17)20;5-3(6)1-2-4(7)8/h5-8,10,14,21H,3-4,9,11-12H2,1-2H3;1-2H,(H,5,6)(H,7,8)/b;2-1+/t14-;/m0./s1. The SMILES string of the molecule is COc1ccc(Oc2nc(C)ccc2OC[C@H]2CCCNC2)c(F)c1.O=C(O)/C=C/C(=O)O. The molecule has 10 heteroatoms. The first kappa shape index (κ1) is 25.6. The zero-order valence-electron chi connectivity index (χ0n) is 18.4. The first-order valence-corrected chi connectivity index (χ1v) is 10.2. The molecule has 2 heterocycles. The predicted octanol–water partition coefficient (Wildman–Crippen LogP) is 3.42. The van der Waals surface area contributed by atoms with Crippen LogP contribution in [0.25, 0.3) is 0 Å². The molecular formula is C23H27FN2O7. The first-order valence-electron chi connectivity index (χ1n) is 10.2. The van der Waals surface area contributed by atoms with Crippen LogP contribution in [0.4, 0.5) is 4.39 Å². The van der Waals surface area contributed by atoms with Crippen LogP contribution in [0.3, 0.4) is 0 Å². The number of methoxy groups -OCH3 is 1. The van der Waals surface area contributed by atoms with Crippen molar-refractivity contribution < 1.29 is 38.4 Å². The van der Waals surface area contributed by atoms with Crippen LogP contribution in [-0.4, -0.2) is 53.9 Å². The number of benzene rings is 1. The highest BCUT2D eigenvalue weighted by atomic mass is 19.1. The number of nitrogens with zero attached hydrogens (tertiary/aromatic N) is 1. The molecule has 0 unspecified atom stereocenters. The third-order valence-corrected chi connectivity index (χ3v) is 4.55. The third-order valence-electron chi connectivity index (χ3n) is 4.55. The van der Waals surface area contributed by atoms with E-state index in [2.05, 4.69) is 10.3 Å². The largest absolute Gasteiger partial charge is 0.497 e. The average Bonchev–Trinajstić information content (AvgIpc) is 2.79. The van der Waals surface area contributed by atoms with Gasteiger partial charge in [0.05, 0.1) is 13.7 Å². The van der Waals surface area contributed by atoms with Gasteiger partial charge in [0.25, 0.3) is 5.88 Å². The Bertz CT molecular complexity index is 959. The minimum absolute atomic E-state index is 0.0862. The lowest BCUT2D eigenvalue weighted by Gasteiger charge is -2.23.